The van der Waals surface area contributed by atoms with Crippen LogP contribution in [0, 0.1) is 11.3 Å². The summed E-state index contributed by atoms with van der Waals surface area (Å²) in [5.41, 5.74) is 9.10. The van der Waals surface area contributed by atoms with Crippen LogP contribution in [0.2, 0.25) is 0 Å². The number of aromatic amines is 1. The molecule has 1 atom stereocenters. The minimum Gasteiger partial charge on any atom is -0.457 e. The maximum atomic E-state index is 13.4. The molecule has 2 aromatic heterocycles. The van der Waals surface area contributed by atoms with Gasteiger partial charge in [0.1, 0.15) is 23.1 Å². The lowest BCUT2D eigenvalue weighted by molar-refractivity contribution is -0.127. The molecular formula is C31H33N7O2. The molecule has 40 heavy (non-hydrogen) atoms. The number of rotatable bonds is 8. The molecule has 0 saturated carbocycles. The second-order valence-electron chi connectivity index (χ2n) is 10.6. The van der Waals surface area contributed by atoms with Gasteiger partial charge in [-0.25, -0.2) is 0 Å². The van der Waals surface area contributed by atoms with Gasteiger partial charge in [0, 0.05) is 35.8 Å². The van der Waals surface area contributed by atoms with Gasteiger partial charge in [0.05, 0.1) is 16.6 Å². The van der Waals surface area contributed by atoms with Crippen molar-refractivity contribution in [1.82, 2.24) is 25.4 Å². The minimum atomic E-state index is -0.473. The molecule has 0 unspecified atom stereocenters. The molecule has 1 saturated heterocycles. The quantitative estimate of drug-likeness (QED) is 0.214. The third-order valence-electron chi connectivity index (χ3n) is 7.32. The maximum Gasteiger partial charge on any atom is 0.264 e. The summed E-state index contributed by atoms with van der Waals surface area (Å²) in [5, 5.41) is 20.9. The smallest absolute Gasteiger partial charge is 0.264 e. The molecule has 1 aliphatic rings. The molecule has 1 aliphatic heterocycles. The number of nitrogens with zero attached hydrogens (tertiary/aromatic N) is 4. The van der Waals surface area contributed by atoms with E-state index in [0.717, 1.165) is 40.8 Å². The third-order valence-corrected chi connectivity index (χ3v) is 7.32. The number of nitrogens with one attached hydrogen (secondary N) is 2. The minimum absolute atomic E-state index is 0.0679. The molecule has 9 heteroatoms. The van der Waals surface area contributed by atoms with Gasteiger partial charge in [-0.3, -0.25) is 14.9 Å². The molecular weight excluding hydrogens is 502 g/mol. The Hall–Kier alpha value is -4.68. The SMILES string of the molecule is CNC(C)(C)C=C(C#N)C(=O)N1CCC[C@H]1Cc1cc2[nH]nc(N)c2c(-c2ccc(Oc3ccccc3)cc2)n1. The first-order valence-electron chi connectivity index (χ1n) is 13.4. The zero-order valence-electron chi connectivity index (χ0n) is 22.9. The van der Waals surface area contributed by atoms with Gasteiger partial charge in [0.25, 0.3) is 5.91 Å². The number of nitrogen functional groups attached to an aromatic ring is 1. The van der Waals surface area contributed by atoms with Crippen molar-refractivity contribution in [2.75, 3.05) is 19.3 Å². The number of nitrogens with two attached hydrogens (primary N) is 1. The molecule has 0 spiro atoms. The van der Waals surface area contributed by atoms with E-state index in [1.54, 1.807) is 13.1 Å². The zero-order chi connectivity index (χ0) is 28.3. The summed E-state index contributed by atoms with van der Waals surface area (Å²) in [6.45, 7) is 4.46. The summed E-state index contributed by atoms with van der Waals surface area (Å²) in [5.74, 6) is 1.61. The van der Waals surface area contributed by atoms with Crippen molar-refractivity contribution in [3.63, 3.8) is 0 Å². The fourth-order valence-electron chi connectivity index (χ4n) is 5.03. The number of amides is 1. The Morgan fingerprint density at radius 3 is 2.65 bits per heavy atom. The van der Waals surface area contributed by atoms with E-state index in [0.29, 0.717) is 30.2 Å². The van der Waals surface area contributed by atoms with Crippen molar-refractivity contribution in [2.45, 2.75) is 44.7 Å². The lowest BCUT2D eigenvalue weighted by Gasteiger charge is -2.26. The van der Waals surface area contributed by atoms with Crippen LogP contribution in [0.25, 0.3) is 22.2 Å². The number of benzene rings is 2. The largest absolute Gasteiger partial charge is 0.457 e. The van der Waals surface area contributed by atoms with Gasteiger partial charge >= 0.3 is 0 Å². The lowest BCUT2D eigenvalue weighted by Crippen LogP contribution is -2.40. The molecule has 3 heterocycles. The molecule has 0 aliphatic carbocycles. The first kappa shape index (κ1) is 26.9. The van der Waals surface area contributed by atoms with Crippen molar-refractivity contribution in [1.29, 1.82) is 5.26 Å². The van der Waals surface area contributed by atoms with Gasteiger partial charge in [-0.1, -0.05) is 18.2 Å². The van der Waals surface area contributed by atoms with E-state index in [-0.39, 0.29) is 17.5 Å². The summed E-state index contributed by atoms with van der Waals surface area (Å²) in [4.78, 5) is 20.2. The van der Waals surface area contributed by atoms with Crippen LogP contribution < -0.4 is 15.8 Å². The predicted octanol–water partition coefficient (Wildman–Crippen LogP) is 4.98. The fraction of sp³-hybridized carbons (Fsp3) is 0.290. The molecule has 4 N–H and O–H groups in total. The van der Waals surface area contributed by atoms with Crippen molar-refractivity contribution < 1.29 is 9.53 Å². The molecule has 1 amide bonds. The van der Waals surface area contributed by atoms with Crippen molar-refractivity contribution in [3.05, 3.63) is 78.0 Å². The number of hydrogen-bond acceptors (Lipinski definition) is 7. The Morgan fingerprint density at radius 2 is 1.95 bits per heavy atom. The van der Waals surface area contributed by atoms with Crippen molar-refractivity contribution in [3.8, 4) is 28.8 Å². The summed E-state index contributed by atoms with van der Waals surface area (Å²) in [6, 6.07) is 21.3. The number of nitriles is 1. The lowest BCUT2D eigenvalue weighted by atomic mass is 10.0. The van der Waals surface area contributed by atoms with Gasteiger partial charge in [0.2, 0.25) is 0 Å². The van der Waals surface area contributed by atoms with Crippen LogP contribution in [0.15, 0.2) is 72.3 Å². The Kier molecular flexibility index (Phi) is 7.54. The molecule has 1 fully saturated rings. The second kappa shape index (κ2) is 11.2. The van der Waals surface area contributed by atoms with Crippen molar-refractivity contribution >= 4 is 22.6 Å². The van der Waals surface area contributed by atoms with Crippen LogP contribution >= 0.6 is 0 Å². The van der Waals surface area contributed by atoms with Gasteiger partial charge in [0.15, 0.2) is 5.82 Å². The molecule has 9 nitrogen and oxygen atoms in total. The molecule has 2 aromatic carbocycles. The van der Waals surface area contributed by atoms with E-state index in [1.165, 1.54) is 0 Å². The highest BCUT2D eigenvalue weighted by atomic mass is 16.5. The van der Waals surface area contributed by atoms with Crippen LogP contribution in [-0.2, 0) is 11.2 Å². The van der Waals surface area contributed by atoms with Crippen molar-refractivity contribution in [2.24, 2.45) is 0 Å². The normalized spacial score (nSPS) is 15.8. The standard InChI is InChI=1S/C31H33N7O2/c1-31(2,34-3)18-21(19-32)30(39)38-15-7-8-23(38)16-22-17-26-27(29(33)37-36-26)28(35-22)20-11-13-25(14-12-20)40-24-9-5-4-6-10-24/h4-6,9-14,17-18,23,34H,7-8,15-16H2,1-3H3,(H3,33,36,37)/t23-/m0/s1. The Balaban J connectivity index is 1.42. The van der Waals surface area contributed by atoms with Crippen LogP contribution in [0.3, 0.4) is 0 Å². The highest BCUT2D eigenvalue weighted by Gasteiger charge is 2.32. The average Bonchev–Trinajstić information content (AvgIpc) is 3.58. The molecule has 4 aromatic rings. The first-order chi connectivity index (χ1) is 19.3. The first-order valence-corrected chi connectivity index (χ1v) is 13.4. The van der Waals surface area contributed by atoms with Gasteiger partial charge in [-0.05, 0) is 82.3 Å². The maximum absolute atomic E-state index is 13.4. The number of H-pyrrole nitrogens is 1. The van der Waals surface area contributed by atoms with Crippen LogP contribution in [-0.4, -0.2) is 51.2 Å². The molecule has 5 rings (SSSR count). The molecule has 0 radical (unpaired) electrons. The van der Waals surface area contributed by atoms with Crippen LogP contribution in [0.1, 0.15) is 32.4 Å². The van der Waals surface area contributed by atoms with Gasteiger partial charge in [-0.15, -0.1) is 0 Å². The van der Waals surface area contributed by atoms with Crippen LogP contribution in [0.5, 0.6) is 11.5 Å². The van der Waals surface area contributed by atoms with E-state index in [4.69, 9.17) is 15.5 Å². The van der Waals surface area contributed by atoms with E-state index >= 15 is 0 Å². The summed E-state index contributed by atoms with van der Waals surface area (Å²) < 4.78 is 5.95. The number of hydrogen-bond donors (Lipinski definition) is 3. The second-order valence-corrected chi connectivity index (χ2v) is 10.6. The topological polar surface area (TPSA) is 133 Å². The number of carbonyl (C=O) groups excluding carboxylic acids is 1. The zero-order valence-corrected chi connectivity index (χ0v) is 22.9. The number of anilines is 1. The Labute approximate surface area is 233 Å². The fourth-order valence-corrected chi connectivity index (χ4v) is 5.03. The summed E-state index contributed by atoms with van der Waals surface area (Å²) in [7, 11) is 1.81. The number of ether oxygens (including phenoxy) is 1. The Bertz CT molecular complexity index is 1580. The number of pyridine rings is 1. The summed E-state index contributed by atoms with van der Waals surface area (Å²) >= 11 is 0. The Morgan fingerprint density at radius 1 is 1.23 bits per heavy atom. The number of likely N-dealkylation sites (N-methyl/N-ethyl adjacent to an activating group) is 1. The van der Waals surface area contributed by atoms with Gasteiger partial charge in [-0.2, -0.15) is 10.4 Å². The monoisotopic (exact) mass is 535 g/mol. The van der Waals surface area contributed by atoms with Gasteiger partial charge < -0.3 is 20.7 Å². The number of likely N-dealkylation sites (tertiary alicyclic amines) is 1. The van der Waals surface area contributed by atoms with E-state index in [1.807, 2.05) is 79.4 Å². The summed E-state index contributed by atoms with van der Waals surface area (Å²) in [6.07, 6.45) is 3.97. The predicted molar refractivity (Wildman–Crippen MR) is 156 cm³/mol. The third kappa shape index (κ3) is 5.67. The number of carbonyl (C=O) groups is 1. The average molecular weight is 536 g/mol. The number of aromatic nitrogens is 3. The van der Waals surface area contributed by atoms with Crippen LogP contribution in [0.4, 0.5) is 5.82 Å². The molecule has 204 valence electrons. The van der Waals surface area contributed by atoms with E-state index in [2.05, 4.69) is 21.6 Å². The highest BCUT2D eigenvalue weighted by Crippen LogP contribution is 2.33. The highest BCUT2D eigenvalue weighted by molar-refractivity contribution is 6.00. The van der Waals surface area contributed by atoms with E-state index in [9.17, 15) is 10.1 Å². The van der Waals surface area contributed by atoms with E-state index < -0.39 is 5.54 Å². The number of fused-ring (bicyclic) bond motifs is 1. The molecule has 0 bridgehead atoms. The number of para-hydroxylation sites is 1.